The Bertz CT molecular complexity index is 383. The van der Waals surface area contributed by atoms with Crippen molar-refractivity contribution >= 4 is 6.08 Å². The van der Waals surface area contributed by atoms with Crippen molar-refractivity contribution in [2.24, 2.45) is 5.92 Å². The highest BCUT2D eigenvalue weighted by molar-refractivity contribution is 5.54. The van der Waals surface area contributed by atoms with Crippen LogP contribution in [0.4, 0.5) is 0 Å². The highest BCUT2D eigenvalue weighted by atomic mass is 16.3. The predicted octanol–water partition coefficient (Wildman–Crippen LogP) is 2.40. The predicted molar refractivity (Wildman–Crippen MR) is 71.7 cm³/mol. The van der Waals surface area contributed by atoms with Crippen LogP contribution in [0.5, 0.6) is 0 Å². The van der Waals surface area contributed by atoms with E-state index in [1.54, 1.807) is 0 Å². The van der Waals surface area contributed by atoms with Gasteiger partial charge in [-0.25, -0.2) is 0 Å². The van der Waals surface area contributed by atoms with Crippen molar-refractivity contribution in [3.8, 4) is 0 Å². The van der Waals surface area contributed by atoms with Crippen LogP contribution in [0.1, 0.15) is 18.4 Å². The third kappa shape index (κ3) is 3.18. The van der Waals surface area contributed by atoms with Crippen molar-refractivity contribution in [3.63, 3.8) is 0 Å². The zero-order valence-electron chi connectivity index (χ0n) is 10.6. The van der Waals surface area contributed by atoms with Gasteiger partial charge in [0.05, 0.1) is 6.10 Å². The van der Waals surface area contributed by atoms with Gasteiger partial charge >= 0.3 is 0 Å². The first-order valence-electron chi connectivity index (χ1n) is 6.25. The molecule has 0 radical (unpaired) electrons. The van der Waals surface area contributed by atoms with E-state index in [-0.39, 0.29) is 6.10 Å². The summed E-state index contributed by atoms with van der Waals surface area (Å²) >= 11 is 0. The van der Waals surface area contributed by atoms with Crippen LogP contribution >= 0.6 is 0 Å². The molecule has 1 aliphatic rings. The molecule has 1 fully saturated rings. The van der Waals surface area contributed by atoms with E-state index < -0.39 is 0 Å². The van der Waals surface area contributed by atoms with Crippen LogP contribution in [0.2, 0.25) is 0 Å². The molecule has 1 aromatic rings. The maximum Gasteiger partial charge on any atom is 0.0793 e. The number of aliphatic hydroxyl groups is 1. The Morgan fingerprint density at radius 1 is 1.29 bits per heavy atom. The molecule has 1 saturated carbocycles. The standard InChI is InChI=1S/C15H21NO/c1-16(2)11-14-9-8-13(15(14)17)10-12-6-4-3-5-7-12/h3-7,10,14-15,17H,8-9,11H2,1-2H3/b13-10+. The number of nitrogens with zero attached hydrogens (tertiary/aromatic N) is 1. The van der Waals surface area contributed by atoms with Gasteiger partial charge in [-0.05, 0) is 38.1 Å². The molecule has 2 atom stereocenters. The Morgan fingerprint density at radius 3 is 2.65 bits per heavy atom. The van der Waals surface area contributed by atoms with Crippen molar-refractivity contribution in [1.82, 2.24) is 4.90 Å². The fraction of sp³-hybridized carbons (Fsp3) is 0.467. The summed E-state index contributed by atoms with van der Waals surface area (Å²) in [5, 5.41) is 10.3. The molecule has 2 nitrogen and oxygen atoms in total. The summed E-state index contributed by atoms with van der Waals surface area (Å²) in [4.78, 5) is 2.15. The normalized spacial score (nSPS) is 26.9. The van der Waals surface area contributed by atoms with Crippen molar-refractivity contribution in [2.45, 2.75) is 18.9 Å². The summed E-state index contributed by atoms with van der Waals surface area (Å²) in [5.74, 6) is 0.389. The molecule has 1 N–H and O–H groups in total. The van der Waals surface area contributed by atoms with Crippen LogP contribution in [0.15, 0.2) is 35.9 Å². The molecule has 0 heterocycles. The first-order chi connectivity index (χ1) is 8.16. The smallest absolute Gasteiger partial charge is 0.0793 e. The Balaban J connectivity index is 2.07. The lowest BCUT2D eigenvalue weighted by Crippen LogP contribution is -2.27. The maximum atomic E-state index is 10.3. The average Bonchev–Trinajstić information content (AvgIpc) is 2.62. The Kier molecular flexibility index (Phi) is 3.97. The summed E-state index contributed by atoms with van der Waals surface area (Å²) in [6, 6.07) is 10.2. The van der Waals surface area contributed by atoms with E-state index in [4.69, 9.17) is 0 Å². The second-order valence-electron chi connectivity index (χ2n) is 5.14. The van der Waals surface area contributed by atoms with Gasteiger partial charge in [0.2, 0.25) is 0 Å². The number of hydrogen-bond acceptors (Lipinski definition) is 2. The highest BCUT2D eigenvalue weighted by Gasteiger charge is 2.29. The molecule has 2 unspecified atom stereocenters. The molecule has 1 aliphatic carbocycles. The zero-order chi connectivity index (χ0) is 12.3. The van der Waals surface area contributed by atoms with Crippen LogP contribution < -0.4 is 0 Å². The largest absolute Gasteiger partial charge is 0.388 e. The van der Waals surface area contributed by atoms with Crippen LogP contribution in [-0.4, -0.2) is 36.8 Å². The monoisotopic (exact) mass is 231 g/mol. The van der Waals surface area contributed by atoms with Gasteiger partial charge in [0.1, 0.15) is 0 Å². The maximum absolute atomic E-state index is 10.3. The molecule has 0 amide bonds. The molecule has 0 aromatic heterocycles. The topological polar surface area (TPSA) is 23.5 Å². The van der Waals surface area contributed by atoms with Crippen molar-refractivity contribution < 1.29 is 5.11 Å². The first kappa shape index (κ1) is 12.3. The molecule has 0 aliphatic heterocycles. The quantitative estimate of drug-likeness (QED) is 0.863. The fourth-order valence-electron chi connectivity index (χ4n) is 2.54. The summed E-state index contributed by atoms with van der Waals surface area (Å²) in [6.07, 6.45) is 3.99. The molecule has 0 bridgehead atoms. The van der Waals surface area contributed by atoms with Gasteiger partial charge in [0.15, 0.2) is 0 Å². The van der Waals surface area contributed by atoms with E-state index in [0.29, 0.717) is 5.92 Å². The second-order valence-corrected chi connectivity index (χ2v) is 5.14. The van der Waals surface area contributed by atoms with Crippen molar-refractivity contribution in [3.05, 3.63) is 41.5 Å². The molecule has 1 aromatic carbocycles. The highest BCUT2D eigenvalue weighted by Crippen LogP contribution is 2.32. The van der Waals surface area contributed by atoms with Crippen LogP contribution in [-0.2, 0) is 0 Å². The molecule has 2 heteroatoms. The zero-order valence-corrected chi connectivity index (χ0v) is 10.6. The van der Waals surface area contributed by atoms with Crippen LogP contribution in [0.3, 0.4) is 0 Å². The van der Waals surface area contributed by atoms with Crippen LogP contribution in [0, 0.1) is 5.92 Å². The SMILES string of the molecule is CN(C)CC1CC/C(=C\c2ccccc2)C1O. The number of aliphatic hydroxyl groups excluding tert-OH is 1. The summed E-state index contributed by atoms with van der Waals surface area (Å²) in [5.41, 5.74) is 2.37. The molecule has 92 valence electrons. The van der Waals surface area contributed by atoms with E-state index >= 15 is 0 Å². The number of benzene rings is 1. The minimum atomic E-state index is -0.266. The van der Waals surface area contributed by atoms with E-state index in [0.717, 1.165) is 19.4 Å². The molecule has 17 heavy (non-hydrogen) atoms. The number of rotatable bonds is 3. The van der Waals surface area contributed by atoms with Gasteiger partial charge in [-0.3, -0.25) is 0 Å². The Morgan fingerprint density at radius 2 is 2.00 bits per heavy atom. The third-order valence-electron chi connectivity index (χ3n) is 3.38. The third-order valence-corrected chi connectivity index (χ3v) is 3.38. The summed E-state index contributed by atoms with van der Waals surface area (Å²) in [7, 11) is 4.12. The van der Waals surface area contributed by atoms with Gasteiger partial charge < -0.3 is 10.0 Å². The lowest BCUT2D eigenvalue weighted by molar-refractivity contribution is 0.141. The van der Waals surface area contributed by atoms with E-state index in [1.807, 2.05) is 18.2 Å². The summed E-state index contributed by atoms with van der Waals surface area (Å²) < 4.78 is 0. The molecular weight excluding hydrogens is 210 g/mol. The van der Waals surface area contributed by atoms with Crippen LogP contribution in [0.25, 0.3) is 6.08 Å². The lowest BCUT2D eigenvalue weighted by Gasteiger charge is -2.19. The Hall–Kier alpha value is -1.12. The molecule has 2 rings (SSSR count). The minimum absolute atomic E-state index is 0.266. The van der Waals surface area contributed by atoms with Gasteiger partial charge in [-0.2, -0.15) is 0 Å². The first-order valence-corrected chi connectivity index (χ1v) is 6.25. The fourth-order valence-corrected chi connectivity index (χ4v) is 2.54. The average molecular weight is 231 g/mol. The number of hydrogen-bond donors (Lipinski definition) is 1. The van der Waals surface area contributed by atoms with Gasteiger partial charge in [-0.1, -0.05) is 36.4 Å². The van der Waals surface area contributed by atoms with Gasteiger partial charge in [-0.15, -0.1) is 0 Å². The Labute approximate surface area is 104 Å². The van der Waals surface area contributed by atoms with Gasteiger partial charge in [0.25, 0.3) is 0 Å². The van der Waals surface area contributed by atoms with Crippen molar-refractivity contribution in [1.29, 1.82) is 0 Å². The lowest BCUT2D eigenvalue weighted by atomic mass is 10.0. The molecule has 0 saturated heterocycles. The molecule has 0 spiro atoms. The van der Waals surface area contributed by atoms with Crippen molar-refractivity contribution in [2.75, 3.05) is 20.6 Å². The second kappa shape index (κ2) is 5.48. The van der Waals surface area contributed by atoms with Gasteiger partial charge in [0, 0.05) is 12.5 Å². The van der Waals surface area contributed by atoms with E-state index in [1.165, 1.54) is 11.1 Å². The minimum Gasteiger partial charge on any atom is -0.388 e. The molecular formula is C15H21NO. The summed E-state index contributed by atoms with van der Waals surface area (Å²) in [6.45, 7) is 0.966. The van der Waals surface area contributed by atoms with E-state index in [2.05, 4.69) is 37.2 Å². The van der Waals surface area contributed by atoms with E-state index in [9.17, 15) is 5.11 Å².